The lowest BCUT2D eigenvalue weighted by Gasteiger charge is -2.21. The molecule has 0 spiro atoms. The average molecular weight is 816 g/mol. The quantitative estimate of drug-likeness (QED) is 0.0742. The van der Waals surface area contributed by atoms with Gasteiger partial charge in [-0.25, -0.2) is 0 Å². The molecule has 308 valence electrons. The van der Waals surface area contributed by atoms with Gasteiger partial charge < -0.3 is 14.0 Å². The molecule has 2 heterocycles. The molecular formula is C60H53N3. The molecule has 0 bridgehead atoms. The Labute approximate surface area is 373 Å². The Kier molecular flexibility index (Phi) is 14.9. The number of hydrogen-bond donors (Lipinski definition) is 0. The summed E-state index contributed by atoms with van der Waals surface area (Å²) < 4.78 is 4.29. The fraction of sp³-hybridized carbons (Fsp3) is 0. The van der Waals surface area contributed by atoms with E-state index in [2.05, 4.69) is 147 Å². The molecule has 63 heavy (non-hydrogen) atoms. The summed E-state index contributed by atoms with van der Waals surface area (Å²) in [7, 11) is 0. The van der Waals surface area contributed by atoms with Gasteiger partial charge in [-0.3, -0.25) is 0 Å². The minimum atomic E-state index is 0.735. The molecule has 0 saturated carbocycles. The molecule has 0 aliphatic heterocycles. The maximum Gasteiger partial charge on any atom is 0.0534 e. The Morgan fingerprint density at radius 3 is 1.94 bits per heavy atom. The highest BCUT2D eigenvalue weighted by molar-refractivity contribution is 5.89. The Morgan fingerprint density at radius 2 is 1.24 bits per heavy atom. The fourth-order valence-electron chi connectivity index (χ4n) is 7.26. The summed E-state index contributed by atoms with van der Waals surface area (Å²) in [6, 6.07) is 37.2. The van der Waals surface area contributed by atoms with Gasteiger partial charge in [0.2, 0.25) is 0 Å². The van der Waals surface area contributed by atoms with Crippen LogP contribution in [-0.2, 0) is 0 Å². The first-order valence-corrected chi connectivity index (χ1v) is 20.6. The molecule has 0 N–H and O–H groups in total. The van der Waals surface area contributed by atoms with E-state index in [9.17, 15) is 0 Å². The molecule has 3 heteroatoms. The molecule has 0 atom stereocenters. The highest BCUT2D eigenvalue weighted by atomic mass is 15.1. The minimum absolute atomic E-state index is 0.735. The van der Waals surface area contributed by atoms with Gasteiger partial charge >= 0.3 is 0 Å². The zero-order valence-corrected chi connectivity index (χ0v) is 35.9. The first kappa shape index (κ1) is 44.2. The highest BCUT2D eigenvalue weighted by Crippen LogP contribution is 2.28. The third-order valence-electron chi connectivity index (χ3n) is 10.5. The number of nitrogens with zero attached hydrogens (tertiary/aromatic N) is 3. The standard InChI is InChI=1S/C60H53N3/c1-10-24-49(12-3)52-37-40-55(41-38-52)61(42-22-29-50(13-4)51-26-16-15-17-27-51)47(8)36-34-45(6)46(7)35-39-56-44-53-28-18-20-32-59(53)63(56)54(14-5)30-23-43-62-48(9)57(25-11-2)58-31-19-21-33-60(58)62/h10-44H,1-9H2/b36-34-,39-35-,42-22+,43-23+,49-24+,50-29+,54-30+,57-25+. The van der Waals surface area contributed by atoms with Crippen LogP contribution in [0.1, 0.15) is 16.8 Å². The molecule has 3 nitrogen and oxygen atoms in total. The molecular weight excluding hydrogens is 763 g/mol. The van der Waals surface area contributed by atoms with Gasteiger partial charge in [0.15, 0.2) is 0 Å². The second-order valence-electron chi connectivity index (χ2n) is 14.5. The van der Waals surface area contributed by atoms with E-state index in [4.69, 9.17) is 0 Å². The normalized spacial score (nSPS) is 12.8. The average Bonchev–Trinajstić information content (AvgIpc) is 3.81. The van der Waals surface area contributed by atoms with Gasteiger partial charge in [-0.15, -0.1) is 0 Å². The molecule has 0 radical (unpaired) electrons. The van der Waals surface area contributed by atoms with Crippen LogP contribution in [0.3, 0.4) is 0 Å². The third-order valence-corrected chi connectivity index (χ3v) is 10.5. The first-order chi connectivity index (χ1) is 30.7. The van der Waals surface area contributed by atoms with Crippen LogP contribution in [0.5, 0.6) is 0 Å². The molecule has 6 aromatic rings. The third kappa shape index (κ3) is 10.3. The Hall–Kier alpha value is -8.40. The first-order valence-electron chi connectivity index (χ1n) is 20.6. The Bertz CT molecular complexity index is 3080. The van der Waals surface area contributed by atoms with Crippen molar-refractivity contribution in [3.05, 3.63) is 291 Å². The van der Waals surface area contributed by atoms with Crippen LogP contribution in [0, 0.1) is 0 Å². The van der Waals surface area contributed by atoms with E-state index in [-0.39, 0.29) is 0 Å². The molecule has 0 aliphatic carbocycles. The molecule has 0 fully saturated rings. The van der Waals surface area contributed by atoms with Crippen molar-refractivity contribution in [1.82, 2.24) is 9.13 Å². The van der Waals surface area contributed by atoms with E-state index in [0.717, 1.165) is 88.6 Å². The van der Waals surface area contributed by atoms with Gasteiger partial charge in [0, 0.05) is 56.5 Å². The van der Waals surface area contributed by atoms with Crippen LogP contribution in [0.25, 0.3) is 63.6 Å². The highest BCUT2D eigenvalue weighted by Gasteiger charge is 2.11. The SMILES string of the molecule is C=C/C=c1\c(=C)n(/C=C/C=C(\C=C)n2c(/C=C\C(=C)C(=C)/C=C\C(=C)N(/C=C/C=C(\C=C)c3ccccc3)c3ccc(/C(C=C)=C/C=C)cc3)cc3ccccc32)c2ccccc12. The summed E-state index contributed by atoms with van der Waals surface area (Å²) in [5, 5.41) is 4.17. The smallest absolute Gasteiger partial charge is 0.0534 e. The topological polar surface area (TPSA) is 13.1 Å². The fourth-order valence-corrected chi connectivity index (χ4v) is 7.26. The van der Waals surface area contributed by atoms with Crippen LogP contribution >= 0.6 is 0 Å². The van der Waals surface area contributed by atoms with Crippen molar-refractivity contribution in [3.63, 3.8) is 0 Å². The van der Waals surface area contributed by atoms with Crippen molar-refractivity contribution in [3.8, 4) is 0 Å². The summed E-state index contributed by atoms with van der Waals surface area (Å²) in [4.78, 5) is 2.03. The van der Waals surface area contributed by atoms with E-state index >= 15 is 0 Å². The van der Waals surface area contributed by atoms with Gasteiger partial charge in [-0.1, -0.05) is 193 Å². The van der Waals surface area contributed by atoms with Crippen molar-refractivity contribution in [1.29, 1.82) is 0 Å². The van der Waals surface area contributed by atoms with E-state index < -0.39 is 0 Å². The zero-order chi connectivity index (χ0) is 44.7. The number of anilines is 1. The van der Waals surface area contributed by atoms with Gasteiger partial charge in [-0.05, 0) is 100 Å². The number of allylic oxidation sites excluding steroid dienone is 18. The van der Waals surface area contributed by atoms with Crippen LogP contribution in [0.15, 0.2) is 264 Å². The summed E-state index contributed by atoms with van der Waals surface area (Å²) in [5.41, 5.74) is 11.3. The van der Waals surface area contributed by atoms with E-state index in [1.807, 2.05) is 127 Å². The van der Waals surface area contributed by atoms with Crippen molar-refractivity contribution in [2.75, 3.05) is 4.90 Å². The summed E-state index contributed by atoms with van der Waals surface area (Å²) in [5.74, 6) is 0. The monoisotopic (exact) mass is 815 g/mol. The molecule has 2 aromatic heterocycles. The van der Waals surface area contributed by atoms with Crippen molar-refractivity contribution in [2.24, 2.45) is 0 Å². The van der Waals surface area contributed by atoms with Crippen molar-refractivity contribution < 1.29 is 0 Å². The molecule has 6 rings (SSSR count). The Balaban J connectivity index is 1.26. The van der Waals surface area contributed by atoms with Crippen LogP contribution in [-0.4, -0.2) is 9.13 Å². The lowest BCUT2D eigenvalue weighted by molar-refractivity contribution is 1.15. The number of aromatic nitrogens is 2. The number of para-hydroxylation sites is 2. The number of benzene rings is 4. The van der Waals surface area contributed by atoms with Crippen molar-refractivity contribution >= 4 is 69.3 Å². The summed E-state index contributed by atoms with van der Waals surface area (Å²) >= 11 is 0. The molecule has 0 saturated heterocycles. The number of fused-ring (bicyclic) bond motifs is 2. The lowest BCUT2D eigenvalue weighted by atomic mass is 10.0. The van der Waals surface area contributed by atoms with E-state index in [1.54, 1.807) is 12.2 Å². The maximum atomic E-state index is 4.46. The summed E-state index contributed by atoms with van der Waals surface area (Å²) in [6.07, 6.45) is 33.2. The van der Waals surface area contributed by atoms with Crippen LogP contribution in [0.4, 0.5) is 5.69 Å². The molecule has 4 aromatic carbocycles. The maximum absolute atomic E-state index is 4.46. The molecule has 0 unspecified atom stereocenters. The second-order valence-corrected chi connectivity index (χ2v) is 14.5. The second kappa shape index (κ2) is 21.2. The number of hydrogen-bond acceptors (Lipinski definition) is 1. The summed E-state index contributed by atoms with van der Waals surface area (Å²) in [6.45, 7) is 37.5. The predicted octanol–water partition coefficient (Wildman–Crippen LogP) is 14.4. The van der Waals surface area contributed by atoms with E-state index in [1.165, 1.54) is 0 Å². The Morgan fingerprint density at radius 1 is 0.587 bits per heavy atom. The largest absolute Gasteiger partial charge is 0.318 e. The molecule has 0 amide bonds. The number of rotatable bonds is 19. The van der Waals surface area contributed by atoms with E-state index in [0.29, 0.717) is 0 Å². The van der Waals surface area contributed by atoms with Gasteiger partial charge in [0.1, 0.15) is 0 Å². The minimum Gasteiger partial charge on any atom is -0.318 e. The van der Waals surface area contributed by atoms with Gasteiger partial charge in [0.25, 0.3) is 0 Å². The molecule has 0 aliphatic rings. The van der Waals surface area contributed by atoms with Crippen LogP contribution in [0.2, 0.25) is 0 Å². The van der Waals surface area contributed by atoms with Gasteiger partial charge in [-0.2, -0.15) is 0 Å². The predicted molar refractivity (Wildman–Crippen MR) is 280 cm³/mol. The van der Waals surface area contributed by atoms with Gasteiger partial charge in [0.05, 0.1) is 11.0 Å². The van der Waals surface area contributed by atoms with Crippen LogP contribution < -0.4 is 15.5 Å². The van der Waals surface area contributed by atoms with Crippen molar-refractivity contribution in [2.45, 2.75) is 0 Å². The lowest BCUT2D eigenvalue weighted by Crippen LogP contribution is -2.24. The zero-order valence-electron chi connectivity index (χ0n) is 35.9.